The fraction of sp³-hybridized carbons (Fsp3) is 0.333. The molecule has 2 aromatic carbocycles. The number of ether oxygens (including phenoxy) is 2. The minimum Gasteiger partial charge on any atom is -0.497 e. The highest BCUT2D eigenvalue weighted by molar-refractivity contribution is 5.99. The third kappa shape index (κ3) is 6.28. The number of rotatable bonds is 9. The first-order chi connectivity index (χ1) is 18.1. The van der Waals surface area contributed by atoms with Gasteiger partial charge in [0.15, 0.2) is 5.78 Å². The summed E-state index contributed by atoms with van der Waals surface area (Å²) in [7, 11) is 1.30. The molecular weight excluding hydrogens is 501 g/mol. The van der Waals surface area contributed by atoms with E-state index in [1.54, 1.807) is 31.2 Å². The Kier molecular flexibility index (Phi) is 7.96. The zero-order chi connectivity index (χ0) is 27.3. The van der Waals surface area contributed by atoms with Gasteiger partial charge in [0.2, 0.25) is 5.91 Å². The molecule has 1 atom stereocenters. The van der Waals surface area contributed by atoms with E-state index >= 15 is 0 Å². The molecule has 11 heteroatoms. The molecule has 0 unspecified atom stereocenters. The van der Waals surface area contributed by atoms with Crippen LogP contribution in [0.2, 0.25) is 0 Å². The van der Waals surface area contributed by atoms with Crippen LogP contribution in [0.1, 0.15) is 40.2 Å². The number of alkyl halides is 3. The Morgan fingerprint density at radius 2 is 1.82 bits per heavy atom. The van der Waals surface area contributed by atoms with E-state index in [0.717, 1.165) is 11.6 Å². The van der Waals surface area contributed by atoms with Crippen molar-refractivity contribution in [2.45, 2.75) is 32.5 Å². The minimum absolute atomic E-state index is 0.0302. The van der Waals surface area contributed by atoms with Crippen molar-refractivity contribution >= 4 is 23.1 Å². The number of hydrogen-bond acceptors (Lipinski definition) is 7. The third-order valence-electron chi connectivity index (χ3n) is 6.40. The number of methoxy groups -OCH3 is 1. The van der Waals surface area contributed by atoms with Crippen LogP contribution >= 0.6 is 0 Å². The molecule has 0 saturated carbocycles. The number of carbonyl (C=O) groups is 2. The molecule has 8 nitrogen and oxygen atoms in total. The molecule has 3 aromatic rings. The first-order valence-electron chi connectivity index (χ1n) is 11.9. The zero-order valence-corrected chi connectivity index (χ0v) is 20.9. The van der Waals surface area contributed by atoms with Crippen LogP contribution in [0.5, 0.6) is 5.75 Å². The number of nitrogens with zero attached hydrogens (tertiary/aromatic N) is 2. The van der Waals surface area contributed by atoms with Crippen molar-refractivity contribution in [3.63, 3.8) is 0 Å². The molecule has 0 spiro atoms. The number of aromatic nitrogens is 2. The number of hydrogen-bond donors (Lipinski definition) is 2. The summed E-state index contributed by atoms with van der Waals surface area (Å²) in [4.78, 5) is 34.0. The lowest BCUT2D eigenvalue weighted by Gasteiger charge is -2.25. The van der Waals surface area contributed by atoms with Crippen LogP contribution in [0.4, 0.5) is 24.5 Å². The zero-order valence-electron chi connectivity index (χ0n) is 20.9. The number of halogens is 3. The maximum Gasteiger partial charge on any atom is 0.418 e. The molecule has 2 heterocycles. The normalized spacial score (nSPS) is 17.2. The van der Waals surface area contributed by atoms with Crippen molar-refractivity contribution in [1.82, 2.24) is 15.3 Å². The molecule has 1 aromatic heterocycles. The predicted octanol–water partition coefficient (Wildman–Crippen LogP) is 4.85. The van der Waals surface area contributed by atoms with E-state index in [9.17, 15) is 22.8 Å². The highest BCUT2D eigenvalue weighted by atomic mass is 19.4. The summed E-state index contributed by atoms with van der Waals surface area (Å²) < 4.78 is 50.8. The molecule has 38 heavy (non-hydrogen) atoms. The SMILES string of the molecule is COc1ccc(Nc2ccc(CNC(=O)[C@]3(CC(=O)c4cnc(C)nc4)CCOC3)cc2)c(C(F)(F)F)c1. The van der Waals surface area contributed by atoms with Gasteiger partial charge in [0.1, 0.15) is 11.6 Å². The van der Waals surface area contributed by atoms with Gasteiger partial charge in [0.25, 0.3) is 0 Å². The van der Waals surface area contributed by atoms with Gasteiger partial charge in [-0.2, -0.15) is 13.2 Å². The standard InChI is InChI=1S/C27H27F3N4O4/c1-17-31-14-19(15-32-17)24(35)12-26(9-10-38-16-26)25(36)33-13-18-3-5-20(6-4-18)34-23-8-7-21(37-2)11-22(23)27(28,29)30/h3-8,11,14-15,34H,9-10,12-13,16H2,1-2H3,(H,33,36)/t26-/m0/s1. The predicted molar refractivity (Wildman–Crippen MR) is 133 cm³/mol. The summed E-state index contributed by atoms with van der Waals surface area (Å²) in [5.74, 6) is 0.113. The van der Waals surface area contributed by atoms with Crippen LogP contribution in [0, 0.1) is 12.3 Å². The smallest absolute Gasteiger partial charge is 0.418 e. The van der Waals surface area contributed by atoms with Gasteiger partial charge in [-0.05, 0) is 49.2 Å². The van der Waals surface area contributed by atoms with E-state index in [4.69, 9.17) is 9.47 Å². The maximum absolute atomic E-state index is 13.5. The number of Topliss-reactive ketones (excluding diaryl/α,β-unsaturated/α-hetero) is 1. The lowest BCUT2D eigenvalue weighted by atomic mass is 9.80. The summed E-state index contributed by atoms with van der Waals surface area (Å²) in [5, 5.41) is 5.66. The van der Waals surface area contributed by atoms with Crippen molar-refractivity contribution in [2.75, 3.05) is 25.6 Å². The molecule has 200 valence electrons. The van der Waals surface area contributed by atoms with E-state index < -0.39 is 17.2 Å². The van der Waals surface area contributed by atoms with Crippen molar-refractivity contribution in [2.24, 2.45) is 5.41 Å². The van der Waals surface area contributed by atoms with Gasteiger partial charge in [-0.25, -0.2) is 9.97 Å². The Bertz CT molecular complexity index is 1290. The number of nitrogens with one attached hydrogen (secondary N) is 2. The average Bonchev–Trinajstić information content (AvgIpc) is 3.37. The molecule has 0 aliphatic carbocycles. The summed E-state index contributed by atoms with van der Waals surface area (Å²) in [5.41, 5.74) is -0.422. The molecule has 1 amide bonds. The highest BCUT2D eigenvalue weighted by Gasteiger charge is 2.44. The molecule has 1 fully saturated rings. The Morgan fingerprint density at radius 1 is 1.11 bits per heavy atom. The van der Waals surface area contributed by atoms with Crippen LogP contribution in [-0.2, 0) is 22.3 Å². The number of anilines is 2. The highest BCUT2D eigenvalue weighted by Crippen LogP contribution is 2.38. The molecule has 0 radical (unpaired) electrons. The number of carbonyl (C=O) groups excluding carboxylic acids is 2. The first-order valence-corrected chi connectivity index (χ1v) is 11.9. The average molecular weight is 529 g/mol. The fourth-order valence-corrected chi connectivity index (χ4v) is 4.18. The Morgan fingerprint density at radius 3 is 2.42 bits per heavy atom. The molecule has 1 aliphatic heterocycles. The molecule has 4 rings (SSSR count). The quantitative estimate of drug-likeness (QED) is 0.383. The van der Waals surface area contributed by atoms with Gasteiger partial charge in [0, 0.05) is 37.7 Å². The van der Waals surface area contributed by atoms with Crippen molar-refractivity contribution in [1.29, 1.82) is 0 Å². The number of amides is 1. The molecule has 0 bridgehead atoms. The van der Waals surface area contributed by atoms with Crippen LogP contribution < -0.4 is 15.4 Å². The Balaban J connectivity index is 1.40. The second-order valence-electron chi connectivity index (χ2n) is 9.12. The van der Waals surface area contributed by atoms with Gasteiger partial charge in [-0.15, -0.1) is 0 Å². The van der Waals surface area contributed by atoms with Crippen LogP contribution in [-0.4, -0.2) is 42.0 Å². The van der Waals surface area contributed by atoms with Gasteiger partial charge in [-0.1, -0.05) is 12.1 Å². The van der Waals surface area contributed by atoms with Gasteiger partial charge >= 0.3 is 6.18 Å². The monoisotopic (exact) mass is 528 g/mol. The van der Waals surface area contributed by atoms with Gasteiger partial charge in [-0.3, -0.25) is 9.59 Å². The Hall–Kier alpha value is -3.99. The number of benzene rings is 2. The fourth-order valence-electron chi connectivity index (χ4n) is 4.18. The minimum atomic E-state index is -4.56. The molecule has 1 saturated heterocycles. The summed E-state index contributed by atoms with van der Waals surface area (Å²) in [6, 6.07) is 10.3. The van der Waals surface area contributed by atoms with Crippen molar-refractivity contribution < 1.29 is 32.2 Å². The van der Waals surface area contributed by atoms with Gasteiger partial charge < -0.3 is 20.1 Å². The Labute approximate surface area is 217 Å². The second-order valence-corrected chi connectivity index (χ2v) is 9.12. The van der Waals surface area contributed by atoms with E-state index in [1.807, 2.05) is 0 Å². The first kappa shape index (κ1) is 27.1. The van der Waals surface area contributed by atoms with E-state index in [2.05, 4.69) is 20.6 Å². The number of aryl methyl sites for hydroxylation is 1. The topological polar surface area (TPSA) is 102 Å². The second kappa shape index (κ2) is 11.2. The number of ketones is 1. The van der Waals surface area contributed by atoms with E-state index in [-0.39, 0.29) is 42.7 Å². The molecule has 2 N–H and O–H groups in total. The van der Waals surface area contributed by atoms with Crippen molar-refractivity contribution in [3.05, 3.63) is 77.4 Å². The molecule has 1 aliphatic rings. The summed E-state index contributed by atoms with van der Waals surface area (Å²) in [6.07, 6.45) is -1.29. The van der Waals surface area contributed by atoms with Crippen molar-refractivity contribution in [3.8, 4) is 5.75 Å². The van der Waals surface area contributed by atoms with Crippen LogP contribution in [0.25, 0.3) is 0 Å². The van der Waals surface area contributed by atoms with Gasteiger partial charge in [0.05, 0.1) is 35.9 Å². The van der Waals surface area contributed by atoms with E-state index in [0.29, 0.717) is 30.1 Å². The van der Waals surface area contributed by atoms with E-state index in [1.165, 1.54) is 31.6 Å². The van der Waals surface area contributed by atoms with Crippen LogP contribution in [0.15, 0.2) is 54.9 Å². The summed E-state index contributed by atoms with van der Waals surface area (Å²) >= 11 is 0. The van der Waals surface area contributed by atoms with Crippen LogP contribution in [0.3, 0.4) is 0 Å². The molecular formula is C27H27F3N4O4. The largest absolute Gasteiger partial charge is 0.497 e. The lowest BCUT2D eigenvalue weighted by Crippen LogP contribution is -2.42. The summed E-state index contributed by atoms with van der Waals surface area (Å²) in [6.45, 7) is 2.40. The maximum atomic E-state index is 13.5. The third-order valence-corrected chi connectivity index (χ3v) is 6.40. The lowest BCUT2D eigenvalue weighted by molar-refractivity contribution is -0.137.